The average molecular weight is 194 g/mol. The van der Waals surface area contributed by atoms with Crippen LogP contribution in [-0.4, -0.2) is 17.4 Å². The van der Waals surface area contributed by atoms with Gasteiger partial charge in [-0.1, -0.05) is 36.4 Å². The van der Waals surface area contributed by atoms with E-state index in [9.17, 15) is 9.67 Å². The second-order valence-electron chi connectivity index (χ2n) is 3.22. The van der Waals surface area contributed by atoms with Crippen molar-refractivity contribution in [3.8, 4) is 0 Å². The minimum atomic E-state index is -2.41. The molecule has 0 spiro atoms. The van der Waals surface area contributed by atoms with Crippen molar-refractivity contribution in [1.82, 2.24) is 0 Å². The van der Waals surface area contributed by atoms with Crippen LogP contribution in [0.2, 0.25) is 0 Å². The van der Waals surface area contributed by atoms with Gasteiger partial charge in [-0.2, -0.15) is 0 Å². The maximum atomic E-state index is 12.2. The number of hydrogen-bond donors (Lipinski definition) is 1. The van der Waals surface area contributed by atoms with Gasteiger partial charge >= 0.3 is 0 Å². The van der Waals surface area contributed by atoms with E-state index in [0.29, 0.717) is 6.16 Å². The van der Waals surface area contributed by atoms with Gasteiger partial charge in [-0.15, -0.1) is 0 Å². The lowest BCUT2D eigenvalue weighted by Crippen LogP contribution is -2.09. The molecule has 2 rings (SSSR count). The summed E-state index contributed by atoms with van der Waals surface area (Å²) < 4.78 is 12.2. The van der Waals surface area contributed by atoms with Crippen LogP contribution in [0.1, 0.15) is 0 Å². The van der Waals surface area contributed by atoms with Gasteiger partial charge < -0.3 is 9.67 Å². The first-order valence-corrected chi connectivity index (χ1v) is 6.19. The third-order valence-corrected chi connectivity index (χ3v) is 4.94. The van der Waals surface area contributed by atoms with Gasteiger partial charge in [-0.05, 0) is 5.82 Å². The van der Waals surface area contributed by atoms with Crippen molar-refractivity contribution in [2.75, 3.05) is 6.16 Å². The van der Waals surface area contributed by atoms with Crippen molar-refractivity contribution in [1.29, 1.82) is 0 Å². The first-order valence-electron chi connectivity index (χ1n) is 4.22. The van der Waals surface area contributed by atoms with Crippen LogP contribution < -0.4 is 5.30 Å². The van der Waals surface area contributed by atoms with Crippen molar-refractivity contribution in [2.45, 2.75) is 6.10 Å². The summed E-state index contributed by atoms with van der Waals surface area (Å²) in [5, 5.41) is 10.1. The van der Waals surface area contributed by atoms with Gasteiger partial charge in [0.2, 0.25) is 0 Å². The molecule has 0 bridgehead atoms. The van der Waals surface area contributed by atoms with Crippen molar-refractivity contribution < 1.29 is 9.67 Å². The Morgan fingerprint density at radius 3 is 2.54 bits per heavy atom. The zero-order valence-electron chi connectivity index (χ0n) is 7.13. The van der Waals surface area contributed by atoms with E-state index in [-0.39, 0.29) is 0 Å². The van der Waals surface area contributed by atoms with E-state index in [1.54, 1.807) is 11.9 Å². The van der Waals surface area contributed by atoms with Gasteiger partial charge in [0.1, 0.15) is 7.14 Å². The Labute approximate surface area is 77.3 Å². The highest BCUT2D eigenvalue weighted by Crippen LogP contribution is 2.50. The van der Waals surface area contributed by atoms with E-state index in [0.717, 1.165) is 5.30 Å². The van der Waals surface area contributed by atoms with Gasteiger partial charge in [-0.25, -0.2) is 0 Å². The van der Waals surface area contributed by atoms with Crippen LogP contribution >= 0.6 is 7.14 Å². The molecule has 1 aromatic rings. The molecule has 0 amide bonds. The molecule has 0 radical (unpaired) electrons. The Hall–Kier alpha value is -0.850. The molecule has 1 aliphatic heterocycles. The van der Waals surface area contributed by atoms with Crippen molar-refractivity contribution in [3.63, 3.8) is 0 Å². The summed E-state index contributed by atoms with van der Waals surface area (Å²) in [6, 6.07) is 9.33. The first-order chi connectivity index (χ1) is 6.21. The van der Waals surface area contributed by atoms with Gasteiger partial charge in [0.15, 0.2) is 0 Å². The summed E-state index contributed by atoms with van der Waals surface area (Å²) in [6.45, 7) is 0. The summed E-state index contributed by atoms with van der Waals surface area (Å²) in [5.41, 5.74) is 0. The highest BCUT2D eigenvalue weighted by Gasteiger charge is 2.28. The molecular weight excluding hydrogens is 183 g/mol. The van der Waals surface area contributed by atoms with Crippen LogP contribution in [-0.2, 0) is 4.57 Å². The van der Waals surface area contributed by atoms with E-state index in [4.69, 9.17) is 0 Å². The lowest BCUT2D eigenvalue weighted by molar-refractivity contribution is 0.249. The Balaban J connectivity index is 2.38. The van der Waals surface area contributed by atoms with E-state index >= 15 is 0 Å². The molecule has 1 aliphatic rings. The predicted molar refractivity (Wildman–Crippen MR) is 53.7 cm³/mol. The predicted octanol–water partition coefficient (Wildman–Crippen LogP) is 1.56. The Morgan fingerprint density at radius 1 is 1.31 bits per heavy atom. The average Bonchev–Trinajstić information content (AvgIpc) is 2.49. The summed E-state index contributed by atoms with van der Waals surface area (Å²) in [5.74, 6) is 1.66. The molecule has 2 nitrogen and oxygen atoms in total. The number of hydrogen-bond acceptors (Lipinski definition) is 2. The molecule has 13 heavy (non-hydrogen) atoms. The third-order valence-electron chi connectivity index (χ3n) is 2.20. The number of aliphatic hydroxyl groups is 1. The van der Waals surface area contributed by atoms with Crippen LogP contribution in [0.25, 0.3) is 0 Å². The van der Waals surface area contributed by atoms with Gasteiger partial charge in [0.05, 0.1) is 6.10 Å². The molecule has 0 saturated heterocycles. The van der Waals surface area contributed by atoms with Crippen LogP contribution in [0.3, 0.4) is 0 Å². The Bertz CT molecular complexity index is 370. The van der Waals surface area contributed by atoms with Crippen LogP contribution in [0, 0.1) is 0 Å². The summed E-state index contributed by atoms with van der Waals surface area (Å²) >= 11 is 0. The fraction of sp³-hybridized carbons (Fsp3) is 0.200. The Morgan fingerprint density at radius 2 is 2.00 bits per heavy atom. The molecule has 1 heterocycles. The lowest BCUT2D eigenvalue weighted by atomic mass is 10.4. The van der Waals surface area contributed by atoms with Crippen molar-refractivity contribution in [3.05, 3.63) is 42.2 Å². The van der Waals surface area contributed by atoms with Crippen LogP contribution in [0.15, 0.2) is 42.2 Å². The quantitative estimate of drug-likeness (QED) is 0.689. The SMILES string of the molecule is O=P1(c2ccccc2)C=C[C@H](O)C1. The van der Waals surface area contributed by atoms with Crippen molar-refractivity contribution in [2.24, 2.45) is 0 Å². The second kappa shape index (κ2) is 3.13. The van der Waals surface area contributed by atoms with E-state index in [1.165, 1.54) is 0 Å². The van der Waals surface area contributed by atoms with Gasteiger partial charge in [0.25, 0.3) is 0 Å². The smallest absolute Gasteiger partial charge is 0.139 e. The van der Waals surface area contributed by atoms with E-state index in [2.05, 4.69) is 0 Å². The maximum Gasteiger partial charge on any atom is 0.139 e. The van der Waals surface area contributed by atoms with Gasteiger partial charge in [-0.3, -0.25) is 0 Å². The molecule has 0 aliphatic carbocycles. The minimum Gasteiger partial charge on any atom is -0.389 e. The van der Waals surface area contributed by atoms with Crippen LogP contribution in [0.5, 0.6) is 0 Å². The molecule has 3 heteroatoms. The largest absolute Gasteiger partial charge is 0.389 e. The topological polar surface area (TPSA) is 37.3 Å². The molecule has 0 saturated carbocycles. The highest BCUT2D eigenvalue weighted by molar-refractivity contribution is 7.74. The summed E-state index contributed by atoms with van der Waals surface area (Å²) in [4.78, 5) is 0. The molecular formula is C10H11O2P. The lowest BCUT2D eigenvalue weighted by Gasteiger charge is -2.09. The fourth-order valence-corrected chi connectivity index (χ4v) is 3.85. The zero-order valence-corrected chi connectivity index (χ0v) is 8.02. The fourth-order valence-electron chi connectivity index (χ4n) is 1.51. The summed E-state index contributed by atoms with van der Waals surface area (Å²) in [6.07, 6.45) is 1.44. The Kier molecular flexibility index (Phi) is 2.10. The molecule has 0 fully saturated rings. The summed E-state index contributed by atoms with van der Waals surface area (Å²) in [7, 11) is -2.41. The van der Waals surface area contributed by atoms with Gasteiger partial charge in [0, 0.05) is 11.5 Å². The molecule has 1 N–H and O–H groups in total. The second-order valence-corrected chi connectivity index (χ2v) is 5.99. The number of aliphatic hydroxyl groups excluding tert-OH is 1. The molecule has 68 valence electrons. The highest BCUT2D eigenvalue weighted by atomic mass is 31.2. The van der Waals surface area contributed by atoms with E-state index in [1.807, 2.05) is 30.3 Å². The zero-order chi connectivity index (χ0) is 9.31. The molecule has 1 unspecified atom stereocenters. The monoisotopic (exact) mass is 194 g/mol. The maximum absolute atomic E-state index is 12.2. The van der Waals surface area contributed by atoms with E-state index < -0.39 is 13.2 Å². The standard InChI is InChI=1S/C10H11O2P/c11-9-6-7-13(12,8-9)10-4-2-1-3-5-10/h1-7,9,11H,8H2/t9-,13?/m0/s1. The number of benzene rings is 1. The molecule has 0 aromatic heterocycles. The minimum absolute atomic E-state index is 0.358. The van der Waals surface area contributed by atoms with Crippen LogP contribution in [0.4, 0.5) is 0 Å². The number of rotatable bonds is 1. The first kappa shape index (κ1) is 8.74. The van der Waals surface area contributed by atoms with Crippen molar-refractivity contribution >= 4 is 12.4 Å². The normalized spacial score (nSPS) is 32.2. The molecule has 1 aromatic carbocycles. The molecule has 2 atom stereocenters. The third kappa shape index (κ3) is 1.60.